The Hall–Kier alpha value is -3.22. The second-order valence-electron chi connectivity index (χ2n) is 5.36. The van der Waals surface area contributed by atoms with Crippen molar-refractivity contribution in [3.63, 3.8) is 0 Å². The van der Waals surface area contributed by atoms with E-state index >= 15 is 0 Å². The minimum Gasteiger partial charge on any atom is -0.482 e. The van der Waals surface area contributed by atoms with Crippen LogP contribution in [0.3, 0.4) is 0 Å². The molecule has 26 heavy (non-hydrogen) atoms. The van der Waals surface area contributed by atoms with E-state index in [0.29, 0.717) is 30.6 Å². The number of hydrogen-bond acceptors (Lipinski definition) is 5. The third-order valence-electron chi connectivity index (χ3n) is 3.39. The van der Waals surface area contributed by atoms with Crippen LogP contribution in [0.25, 0.3) is 0 Å². The Labute approximate surface area is 149 Å². The minimum atomic E-state index is -0.682. The molecule has 136 valence electrons. The van der Waals surface area contributed by atoms with E-state index < -0.39 is 18.5 Å². The molecular formula is C19H18FNO5. The first-order valence-corrected chi connectivity index (χ1v) is 7.91. The normalized spacial score (nSPS) is 10.0. The van der Waals surface area contributed by atoms with E-state index in [9.17, 15) is 18.8 Å². The SMILES string of the molecule is O=Cc1ccc(OCC(=O)OCC(=O)NCCc2ccc(F)cc2)cc1. The Bertz CT molecular complexity index is 744. The Morgan fingerprint density at radius 3 is 2.35 bits per heavy atom. The number of ether oxygens (including phenoxy) is 2. The number of benzene rings is 2. The molecule has 2 aromatic carbocycles. The summed E-state index contributed by atoms with van der Waals surface area (Å²) in [6.07, 6.45) is 1.24. The molecule has 0 aliphatic carbocycles. The molecule has 1 N–H and O–H groups in total. The van der Waals surface area contributed by atoms with E-state index in [0.717, 1.165) is 5.56 Å². The van der Waals surface area contributed by atoms with Crippen LogP contribution in [-0.4, -0.2) is 37.9 Å². The van der Waals surface area contributed by atoms with Gasteiger partial charge in [-0.3, -0.25) is 9.59 Å². The third-order valence-corrected chi connectivity index (χ3v) is 3.39. The molecule has 0 aliphatic rings. The minimum absolute atomic E-state index is 0.313. The van der Waals surface area contributed by atoms with Gasteiger partial charge in [0, 0.05) is 12.1 Å². The molecule has 2 aromatic rings. The van der Waals surface area contributed by atoms with Gasteiger partial charge in [-0.1, -0.05) is 12.1 Å². The standard InChI is InChI=1S/C19H18FNO5/c20-16-5-1-14(2-6-16)9-10-21-18(23)12-26-19(24)13-25-17-7-3-15(11-22)4-8-17/h1-8,11H,9-10,12-13H2,(H,21,23). The molecule has 0 aliphatic heterocycles. The van der Waals surface area contributed by atoms with E-state index in [1.165, 1.54) is 12.1 Å². The summed E-state index contributed by atoms with van der Waals surface area (Å²) >= 11 is 0. The van der Waals surface area contributed by atoms with Crippen LogP contribution < -0.4 is 10.1 Å². The van der Waals surface area contributed by atoms with Gasteiger partial charge in [0.1, 0.15) is 17.9 Å². The lowest BCUT2D eigenvalue weighted by Gasteiger charge is -2.08. The number of rotatable bonds is 9. The molecule has 0 atom stereocenters. The van der Waals surface area contributed by atoms with E-state index in [2.05, 4.69) is 5.32 Å². The highest BCUT2D eigenvalue weighted by atomic mass is 19.1. The van der Waals surface area contributed by atoms with Crippen LogP contribution in [0.5, 0.6) is 5.75 Å². The maximum absolute atomic E-state index is 12.8. The molecule has 0 saturated carbocycles. The van der Waals surface area contributed by atoms with Gasteiger partial charge in [-0.05, 0) is 48.4 Å². The fraction of sp³-hybridized carbons (Fsp3) is 0.211. The number of halogens is 1. The summed E-state index contributed by atoms with van der Waals surface area (Å²) in [5.41, 5.74) is 1.38. The number of aldehydes is 1. The first-order valence-electron chi connectivity index (χ1n) is 7.91. The molecule has 2 rings (SSSR count). The molecule has 0 bridgehead atoms. The summed E-state index contributed by atoms with van der Waals surface area (Å²) in [6, 6.07) is 12.2. The van der Waals surface area contributed by atoms with Gasteiger partial charge in [-0.25, -0.2) is 9.18 Å². The van der Waals surface area contributed by atoms with Crippen LogP contribution in [-0.2, 0) is 20.7 Å². The monoisotopic (exact) mass is 359 g/mol. The van der Waals surface area contributed by atoms with Gasteiger partial charge in [-0.2, -0.15) is 0 Å². The van der Waals surface area contributed by atoms with Crippen molar-refractivity contribution in [3.05, 3.63) is 65.5 Å². The van der Waals surface area contributed by atoms with Crippen LogP contribution in [0.15, 0.2) is 48.5 Å². The lowest BCUT2D eigenvalue weighted by Crippen LogP contribution is -2.31. The van der Waals surface area contributed by atoms with Crippen LogP contribution in [0.2, 0.25) is 0 Å². The van der Waals surface area contributed by atoms with Crippen molar-refractivity contribution in [2.45, 2.75) is 6.42 Å². The van der Waals surface area contributed by atoms with E-state index in [1.54, 1.807) is 36.4 Å². The number of esters is 1. The molecule has 0 radical (unpaired) electrons. The van der Waals surface area contributed by atoms with E-state index in [1.807, 2.05) is 0 Å². The molecule has 0 heterocycles. The summed E-state index contributed by atoms with van der Waals surface area (Å²) in [5, 5.41) is 2.60. The summed E-state index contributed by atoms with van der Waals surface area (Å²) in [5.74, 6) is -1.02. The van der Waals surface area contributed by atoms with Crippen LogP contribution in [0.1, 0.15) is 15.9 Å². The lowest BCUT2D eigenvalue weighted by atomic mass is 10.1. The van der Waals surface area contributed by atoms with Crippen molar-refractivity contribution in [3.8, 4) is 5.75 Å². The van der Waals surface area contributed by atoms with Gasteiger partial charge in [0.25, 0.3) is 5.91 Å². The topological polar surface area (TPSA) is 81.7 Å². The smallest absolute Gasteiger partial charge is 0.344 e. The van der Waals surface area contributed by atoms with Crippen molar-refractivity contribution in [1.82, 2.24) is 5.32 Å². The fourth-order valence-electron chi connectivity index (χ4n) is 2.02. The van der Waals surface area contributed by atoms with Crippen molar-refractivity contribution >= 4 is 18.2 Å². The number of amides is 1. The number of carbonyl (C=O) groups is 3. The van der Waals surface area contributed by atoms with Gasteiger partial charge < -0.3 is 14.8 Å². The average Bonchev–Trinajstić information content (AvgIpc) is 2.66. The molecule has 1 amide bonds. The van der Waals surface area contributed by atoms with Gasteiger partial charge in [0.2, 0.25) is 0 Å². The molecule has 0 aromatic heterocycles. The number of hydrogen-bond donors (Lipinski definition) is 1. The van der Waals surface area contributed by atoms with Crippen molar-refractivity contribution in [2.75, 3.05) is 19.8 Å². The quantitative estimate of drug-likeness (QED) is 0.546. The fourth-order valence-corrected chi connectivity index (χ4v) is 2.02. The van der Waals surface area contributed by atoms with Gasteiger partial charge >= 0.3 is 5.97 Å². The molecule has 7 heteroatoms. The van der Waals surface area contributed by atoms with Crippen LogP contribution in [0.4, 0.5) is 4.39 Å². The first kappa shape index (κ1) is 19.1. The second-order valence-corrected chi connectivity index (χ2v) is 5.36. The summed E-state index contributed by atoms with van der Waals surface area (Å²) in [7, 11) is 0. The third kappa shape index (κ3) is 6.72. The maximum Gasteiger partial charge on any atom is 0.344 e. The summed E-state index contributed by atoms with van der Waals surface area (Å²) in [4.78, 5) is 33.7. The zero-order valence-electron chi connectivity index (χ0n) is 13.9. The predicted molar refractivity (Wildman–Crippen MR) is 91.4 cm³/mol. The number of nitrogens with one attached hydrogen (secondary N) is 1. The molecule has 0 unspecified atom stereocenters. The van der Waals surface area contributed by atoms with Gasteiger partial charge in [-0.15, -0.1) is 0 Å². The van der Waals surface area contributed by atoms with Crippen molar-refractivity contribution < 1.29 is 28.2 Å². The van der Waals surface area contributed by atoms with Crippen molar-refractivity contribution in [1.29, 1.82) is 0 Å². The van der Waals surface area contributed by atoms with Crippen LogP contribution in [0, 0.1) is 5.82 Å². The van der Waals surface area contributed by atoms with E-state index in [-0.39, 0.29) is 12.4 Å². The zero-order chi connectivity index (χ0) is 18.8. The summed E-state index contributed by atoms with van der Waals surface area (Å²) in [6.45, 7) is -0.402. The van der Waals surface area contributed by atoms with Gasteiger partial charge in [0.05, 0.1) is 0 Å². The van der Waals surface area contributed by atoms with Gasteiger partial charge in [0.15, 0.2) is 13.2 Å². The lowest BCUT2D eigenvalue weighted by molar-refractivity contribution is -0.150. The maximum atomic E-state index is 12.8. The Morgan fingerprint density at radius 1 is 1.00 bits per heavy atom. The Balaban J connectivity index is 1.60. The summed E-state index contributed by atoms with van der Waals surface area (Å²) < 4.78 is 22.8. The first-order chi connectivity index (χ1) is 12.6. The van der Waals surface area contributed by atoms with Crippen molar-refractivity contribution in [2.24, 2.45) is 0 Å². The highest BCUT2D eigenvalue weighted by Crippen LogP contribution is 2.10. The molecule has 6 nitrogen and oxygen atoms in total. The molecule has 0 fully saturated rings. The molecular weight excluding hydrogens is 341 g/mol. The molecule has 0 spiro atoms. The highest BCUT2D eigenvalue weighted by molar-refractivity contribution is 5.81. The van der Waals surface area contributed by atoms with E-state index in [4.69, 9.17) is 9.47 Å². The average molecular weight is 359 g/mol. The number of carbonyl (C=O) groups excluding carboxylic acids is 3. The largest absolute Gasteiger partial charge is 0.482 e. The van der Waals surface area contributed by atoms with Crippen LogP contribution >= 0.6 is 0 Å². The zero-order valence-corrected chi connectivity index (χ0v) is 13.9. The molecule has 0 saturated heterocycles. The predicted octanol–water partition coefficient (Wildman–Crippen LogP) is 1.92. The second kappa shape index (κ2) is 9.93. The highest BCUT2D eigenvalue weighted by Gasteiger charge is 2.08. The Morgan fingerprint density at radius 2 is 1.69 bits per heavy atom. The Kier molecular flexibility index (Phi) is 7.30.